The van der Waals surface area contributed by atoms with Crippen molar-refractivity contribution in [2.24, 2.45) is 5.92 Å². The number of amides is 1. The van der Waals surface area contributed by atoms with Gasteiger partial charge in [-0.25, -0.2) is 0 Å². The van der Waals surface area contributed by atoms with E-state index in [1.807, 2.05) is 30.3 Å². The molecule has 2 aromatic rings. The third-order valence-electron chi connectivity index (χ3n) is 4.86. The van der Waals surface area contributed by atoms with Crippen molar-refractivity contribution < 1.29 is 33.5 Å². The van der Waals surface area contributed by atoms with E-state index in [2.05, 4.69) is 5.32 Å². The van der Waals surface area contributed by atoms with Crippen LogP contribution < -0.4 is 5.32 Å². The van der Waals surface area contributed by atoms with Gasteiger partial charge in [-0.2, -0.15) is 0 Å². The second kappa shape index (κ2) is 14.7. The van der Waals surface area contributed by atoms with Gasteiger partial charge in [-0.1, -0.05) is 37.3 Å². The number of methoxy groups -OCH3 is 1. The summed E-state index contributed by atoms with van der Waals surface area (Å²) in [6, 6.07) is 14.1. The first-order chi connectivity index (χ1) is 16.4. The monoisotopic (exact) mass is 474 g/mol. The van der Waals surface area contributed by atoms with Crippen LogP contribution in [0.15, 0.2) is 54.6 Å². The van der Waals surface area contributed by atoms with Crippen LogP contribution in [0.1, 0.15) is 29.3 Å². The van der Waals surface area contributed by atoms with E-state index in [-0.39, 0.29) is 37.7 Å². The molecule has 0 saturated heterocycles. The number of nitrogens with one attached hydrogen (secondary N) is 1. The fourth-order valence-electron chi connectivity index (χ4n) is 3.02. The molecular weight excluding hydrogens is 444 g/mol. The zero-order chi connectivity index (χ0) is 24.8. The molecule has 1 amide bonds. The van der Waals surface area contributed by atoms with Crippen molar-refractivity contribution in [3.8, 4) is 0 Å². The van der Waals surface area contributed by atoms with Crippen molar-refractivity contribution in [1.82, 2.24) is 5.32 Å². The number of carbonyl (C=O) groups is 2. The van der Waals surface area contributed by atoms with Crippen molar-refractivity contribution in [3.05, 3.63) is 75.8 Å². The highest BCUT2D eigenvalue weighted by atomic mass is 16.7. The highest BCUT2D eigenvalue weighted by Crippen LogP contribution is 2.14. The lowest BCUT2D eigenvalue weighted by molar-refractivity contribution is -0.384. The van der Waals surface area contributed by atoms with Crippen LogP contribution in [-0.2, 0) is 30.3 Å². The number of hydrogen-bond acceptors (Lipinski definition) is 8. The first-order valence-corrected chi connectivity index (χ1v) is 10.8. The molecule has 0 heterocycles. The van der Waals surface area contributed by atoms with Crippen molar-refractivity contribution >= 4 is 17.6 Å². The number of hydrogen-bond donors (Lipinski definition) is 1. The predicted octanol–water partition coefficient (Wildman–Crippen LogP) is 3.10. The zero-order valence-corrected chi connectivity index (χ0v) is 19.3. The van der Waals surface area contributed by atoms with E-state index in [0.29, 0.717) is 13.2 Å². The number of nitro groups is 1. The van der Waals surface area contributed by atoms with Gasteiger partial charge in [-0.15, -0.1) is 0 Å². The molecule has 0 unspecified atom stereocenters. The van der Waals surface area contributed by atoms with E-state index in [4.69, 9.17) is 18.9 Å². The normalized spacial score (nSPS) is 12.5. The fraction of sp³-hybridized carbons (Fsp3) is 0.417. The molecule has 2 aromatic carbocycles. The number of nitro benzene ring substituents is 1. The van der Waals surface area contributed by atoms with Gasteiger partial charge in [0.1, 0.15) is 13.4 Å². The number of ether oxygens (including phenoxy) is 4. The lowest BCUT2D eigenvalue weighted by Gasteiger charge is -2.22. The van der Waals surface area contributed by atoms with Crippen LogP contribution in [0, 0.1) is 16.0 Å². The average molecular weight is 475 g/mol. The summed E-state index contributed by atoms with van der Waals surface area (Å²) in [5, 5.41) is 13.6. The van der Waals surface area contributed by atoms with E-state index < -0.39 is 28.8 Å². The van der Waals surface area contributed by atoms with Crippen LogP contribution in [0.2, 0.25) is 0 Å². The van der Waals surface area contributed by atoms with Crippen LogP contribution in [0.3, 0.4) is 0 Å². The van der Waals surface area contributed by atoms with Crippen molar-refractivity contribution in [1.29, 1.82) is 0 Å². The highest BCUT2D eigenvalue weighted by molar-refractivity contribution is 5.94. The number of nitrogens with zero attached hydrogens (tertiary/aromatic N) is 1. The molecular formula is C24H30N2O8. The minimum absolute atomic E-state index is 0.0000960. The van der Waals surface area contributed by atoms with E-state index in [1.165, 1.54) is 24.3 Å². The molecule has 1 N–H and O–H groups in total. The molecule has 2 atom stereocenters. The molecule has 0 aliphatic rings. The summed E-state index contributed by atoms with van der Waals surface area (Å²) in [4.78, 5) is 35.4. The van der Waals surface area contributed by atoms with Crippen molar-refractivity contribution in [2.45, 2.75) is 26.0 Å². The fourth-order valence-corrected chi connectivity index (χ4v) is 3.02. The second-order valence-electron chi connectivity index (χ2n) is 7.59. The van der Waals surface area contributed by atoms with Gasteiger partial charge in [0.05, 0.1) is 36.7 Å². The third-order valence-corrected chi connectivity index (χ3v) is 4.86. The molecule has 10 nitrogen and oxygen atoms in total. The van der Waals surface area contributed by atoms with Crippen LogP contribution in [-0.4, -0.2) is 56.6 Å². The van der Waals surface area contributed by atoms with Gasteiger partial charge in [0.2, 0.25) is 0 Å². The highest BCUT2D eigenvalue weighted by Gasteiger charge is 2.23. The third kappa shape index (κ3) is 9.65. The largest absolute Gasteiger partial charge is 0.461 e. The smallest absolute Gasteiger partial charge is 0.309 e. The molecule has 0 aliphatic heterocycles. The Hall–Kier alpha value is -3.34. The molecule has 0 aromatic heterocycles. The summed E-state index contributed by atoms with van der Waals surface area (Å²) in [6.45, 7) is 2.76. The van der Waals surface area contributed by atoms with Crippen LogP contribution >= 0.6 is 0 Å². The van der Waals surface area contributed by atoms with Gasteiger partial charge in [0, 0.05) is 24.8 Å². The van der Waals surface area contributed by atoms with Crippen LogP contribution in [0.5, 0.6) is 0 Å². The molecule has 0 bridgehead atoms. The number of non-ortho nitro benzene ring substituents is 1. The maximum atomic E-state index is 12.7. The lowest BCUT2D eigenvalue weighted by atomic mass is 10.0. The Morgan fingerprint density at radius 2 is 1.74 bits per heavy atom. The van der Waals surface area contributed by atoms with E-state index in [9.17, 15) is 19.7 Å². The van der Waals surface area contributed by atoms with Gasteiger partial charge >= 0.3 is 5.97 Å². The summed E-state index contributed by atoms with van der Waals surface area (Å²) in [7, 11) is 1.56. The molecule has 34 heavy (non-hydrogen) atoms. The van der Waals surface area contributed by atoms with Gasteiger partial charge < -0.3 is 24.3 Å². The first kappa shape index (κ1) is 26.9. The van der Waals surface area contributed by atoms with Crippen LogP contribution in [0.25, 0.3) is 0 Å². The lowest BCUT2D eigenvalue weighted by Crippen LogP contribution is -2.40. The molecule has 10 heteroatoms. The van der Waals surface area contributed by atoms with E-state index in [0.717, 1.165) is 5.56 Å². The number of benzene rings is 2. The molecule has 184 valence electrons. The van der Waals surface area contributed by atoms with Gasteiger partial charge in [0.25, 0.3) is 11.6 Å². The molecule has 2 rings (SSSR count). The van der Waals surface area contributed by atoms with Crippen molar-refractivity contribution in [2.75, 3.05) is 33.7 Å². The van der Waals surface area contributed by atoms with Crippen molar-refractivity contribution in [3.63, 3.8) is 0 Å². The Morgan fingerprint density at radius 3 is 2.38 bits per heavy atom. The molecule has 0 spiro atoms. The maximum absolute atomic E-state index is 12.7. The number of esters is 1. The Bertz CT molecular complexity index is 905. The summed E-state index contributed by atoms with van der Waals surface area (Å²) >= 11 is 0. The molecule has 0 saturated carbocycles. The predicted molar refractivity (Wildman–Crippen MR) is 123 cm³/mol. The summed E-state index contributed by atoms with van der Waals surface area (Å²) in [5.74, 6) is -1.34. The number of rotatable bonds is 15. The van der Waals surface area contributed by atoms with Gasteiger partial charge in [-0.3, -0.25) is 19.7 Å². The molecule has 0 fully saturated rings. The topological polar surface area (TPSA) is 126 Å². The van der Waals surface area contributed by atoms with E-state index in [1.54, 1.807) is 14.0 Å². The summed E-state index contributed by atoms with van der Waals surface area (Å²) in [6.07, 6.45) is 0.268. The summed E-state index contributed by atoms with van der Waals surface area (Å²) in [5.41, 5.74) is 1.02. The Kier molecular flexibility index (Phi) is 11.7. The SMILES string of the molecule is COCCOCOC[C@H](C[C@H](C)C(=O)OCc1ccccc1)NC(=O)c1ccc([N+](=O)[O-])cc1. The minimum atomic E-state index is -0.537. The molecule has 0 aliphatic carbocycles. The average Bonchev–Trinajstić information content (AvgIpc) is 2.85. The van der Waals surface area contributed by atoms with Gasteiger partial charge in [-0.05, 0) is 24.1 Å². The second-order valence-corrected chi connectivity index (χ2v) is 7.59. The Balaban J connectivity index is 1.94. The standard InChI is InChI=1S/C24H30N2O8/c1-18(24(28)34-15-19-6-4-3-5-7-19)14-21(16-33-17-32-13-12-31-2)25-23(27)20-8-10-22(11-9-20)26(29)30/h3-11,18,21H,12-17H2,1-2H3,(H,25,27)/t18-,21-/m0/s1. The van der Waals surface area contributed by atoms with Gasteiger partial charge in [0.15, 0.2) is 0 Å². The Labute approximate surface area is 198 Å². The summed E-state index contributed by atoms with van der Waals surface area (Å²) < 4.78 is 21.1. The first-order valence-electron chi connectivity index (χ1n) is 10.8. The maximum Gasteiger partial charge on any atom is 0.309 e. The minimum Gasteiger partial charge on any atom is -0.461 e. The zero-order valence-electron chi connectivity index (χ0n) is 19.3. The molecule has 0 radical (unpaired) electrons. The van der Waals surface area contributed by atoms with Crippen LogP contribution in [0.4, 0.5) is 5.69 Å². The Morgan fingerprint density at radius 1 is 1.03 bits per heavy atom. The van der Waals surface area contributed by atoms with E-state index >= 15 is 0 Å². The quantitative estimate of drug-likeness (QED) is 0.137. The number of carbonyl (C=O) groups excluding carboxylic acids is 2.